The summed E-state index contributed by atoms with van der Waals surface area (Å²) in [6, 6.07) is 10.7. The number of aryl methyl sites for hydroxylation is 1. The Morgan fingerprint density at radius 3 is 2.86 bits per heavy atom. The molecule has 28 heavy (non-hydrogen) atoms. The highest BCUT2D eigenvalue weighted by atomic mass is 35.5. The molecule has 0 radical (unpaired) electrons. The van der Waals surface area contributed by atoms with Crippen LogP contribution in [-0.2, 0) is 11.2 Å². The Hall–Kier alpha value is -2.66. The monoisotopic (exact) mass is 431 g/mol. The Bertz CT molecular complexity index is 1080. The van der Waals surface area contributed by atoms with Crippen LogP contribution in [-0.4, -0.2) is 20.7 Å². The van der Waals surface area contributed by atoms with Crippen molar-refractivity contribution >= 4 is 51.7 Å². The maximum atomic E-state index is 12.5. The maximum absolute atomic E-state index is 12.5. The normalized spacial score (nSPS) is 11.3. The van der Waals surface area contributed by atoms with E-state index in [9.17, 15) is 10.1 Å². The van der Waals surface area contributed by atoms with E-state index in [0.29, 0.717) is 20.9 Å². The molecule has 0 spiro atoms. The van der Waals surface area contributed by atoms with Gasteiger partial charge in [0.1, 0.15) is 16.6 Å². The molecule has 0 fully saturated rings. The third kappa shape index (κ3) is 4.60. The predicted octanol–water partition coefficient (Wildman–Crippen LogP) is 5.13. The van der Waals surface area contributed by atoms with Gasteiger partial charge in [-0.05, 0) is 42.8 Å². The highest BCUT2D eigenvalue weighted by Gasteiger charge is 2.14. The molecule has 1 aromatic carbocycles. The fraction of sp³-hybridized carbons (Fsp3) is 0.158. The van der Waals surface area contributed by atoms with Crippen molar-refractivity contribution in [2.24, 2.45) is 0 Å². The van der Waals surface area contributed by atoms with Crippen molar-refractivity contribution in [1.29, 1.82) is 5.26 Å². The molecule has 9 heteroatoms. The fourth-order valence-electron chi connectivity index (χ4n) is 2.46. The molecule has 0 aliphatic heterocycles. The average molecular weight is 432 g/mol. The Morgan fingerprint density at radius 2 is 2.14 bits per heavy atom. The van der Waals surface area contributed by atoms with E-state index in [4.69, 9.17) is 23.2 Å². The van der Waals surface area contributed by atoms with Crippen molar-refractivity contribution in [2.75, 3.05) is 5.32 Å². The number of amides is 1. The highest BCUT2D eigenvalue weighted by molar-refractivity contribution is 7.15. The molecule has 0 saturated carbocycles. The van der Waals surface area contributed by atoms with Crippen LogP contribution < -0.4 is 5.32 Å². The highest BCUT2D eigenvalue weighted by Crippen LogP contribution is 2.26. The van der Waals surface area contributed by atoms with Crippen LogP contribution in [0.3, 0.4) is 0 Å². The topological polar surface area (TPSA) is 83.6 Å². The third-order valence-corrected chi connectivity index (χ3v) is 5.41. The fourth-order valence-corrected chi connectivity index (χ4v) is 3.59. The molecule has 3 aromatic rings. The molecule has 2 aromatic heterocycles. The van der Waals surface area contributed by atoms with Crippen LogP contribution in [0.2, 0.25) is 10.0 Å². The van der Waals surface area contributed by atoms with Gasteiger partial charge in [0.25, 0.3) is 5.91 Å². The summed E-state index contributed by atoms with van der Waals surface area (Å²) in [5.41, 5.74) is 1.36. The van der Waals surface area contributed by atoms with Gasteiger partial charge in [-0.2, -0.15) is 5.26 Å². The quantitative estimate of drug-likeness (QED) is 0.432. The summed E-state index contributed by atoms with van der Waals surface area (Å²) in [5, 5.41) is 22.1. The van der Waals surface area contributed by atoms with E-state index < -0.39 is 5.91 Å². The second-order valence-corrected chi connectivity index (χ2v) is 7.65. The largest absolute Gasteiger partial charge is 0.317 e. The van der Waals surface area contributed by atoms with Crippen LogP contribution in [0, 0.1) is 11.3 Å². The Kier molecular flexibility index (Phi) is 6.47. The zero-order chi connectivity index (χ0) is 20.1. The molecule has 3 rings (SSSR count). The second kappa shape index (κ2) is 9.02. The van der Waals surface area contributed by atoms with Gasteiger partial charge < -0.3 is 4.57 Å². The smallest absolute Gasteiger partial charge is 0.268 e. The number of halogens is 2. The number of benzene rings is 1. The van der Waals surface area contributed by atoms with Gasteiger partial charge >= 0.3 is 0 Å². The van der Waals surface area contributed by atoms with Crippen LogP contribution >= 0.6 is 34.5 Å². The maximum Gasteiger partial charge on any atom is 0.268 e. The van der Waals surface area contributed by atoms with E-state index >= 15 is 0 Å². The zero-order valence-electron chi connectivity index (χ0n) is 14.8. The number of aromatic nitrogens is 3. The van der Waals surface area contributed by atoms with Crippen molar-refractivity contribution in [3.63, 3.8) is 0 Å². The van der Waals surface area contributed by atoms with Gasteiger partial charge in [-0.25, -0.2) is 0 Å². The van der Waals surface area contributed by atoms with Crippen molar-refractivity contribution < 1.29 is 4.79 Å². The Balaban J connectivity index is 1.84. The number of hydrogen-bond donors (Lipinski definition) is 1. The van der Waals surface area contributed by atoms with Crippen molar-refractivity contribution in [3.05, 3.63) is 62.8 Å². The summed E-state index contributed by atoms with van der Waals surface area (Å²) < 4.78 is 1.80. The van der Waals surface area contributed by atoms with E-state index in [1.807, 2.05) is 19.1 Å². The molecular weight excluding hydrogens is 417 g/mol. The summed E-state index contributed by atoms with van der Waals surface area (Å²) in [4.78, 5) is 12.5. The summed E-state index contributed by atoms with van der Waals surface area (Å²) >= 11 is 13.4. The third-order valence-electron chi connectivity index (χ3n) is 3.77. The summed E-state index contributed by atoms with van der Waals surface area (Å²) in [6.07, 6.45) is 5.05. The lowest BCUT2D eigenvalue weighted by atomic mass is 10.2. The molecule has 0 aliphatic carbocycles. The zero-order valence-corrected chi connectivity index (χ0v) is 17.1. The molecule has 0 atom stereocenters. The number of rotatable bonds is 6. The van der Waals surface area contributed by atoms with Gasteiger partial charge in [-0.15, -0.1) is 10.2 Å². The van der Waals surface area contributed by atoms with Crippen molar-refractivity contribution in [2.45, 2.75) is 19.8 Å². The van der Waals surface area contributed by atoms with Crippen molar-refractivity contribution in [1.82, 2.24) is 14.8 Å². The van der Waals surface area contributed by atoms with Crippen LogP contribution in [0.4, 0.5) is 5.13 Å². The minimum atomic E-state index is -0.538. The molecular formula is C19H15Cl2N5OS. The molecule has 2 heterocycles. The Morgan fingerprint density at radius 1 is 1.32 bits per heavy atom. The SMILES string of the molecule is CCCc1nnc(NC(=O)C(C#N)=Cc2cccn2-c2ccc(Cl)c(Cl)c2)s1. The van der Waals surface area contributed by atoms with E-state index in [1.54, 1.807) is 35.0 Å². The van der Waals surface area contributed by atoms with Gasteiger partial charge in [0.15, 0.2) is 0 Å². The molecule has 0 saturated heterocycles. The number of carbonyl (C=O) groups is 1. The van der Waals surface area contributed by atoms with Crippen LogP contribution in [0.25, 0.3) is 11.8 Å². The number of hydrogen-bond acceptors (Lipinski definition) is 5. The lowest BCUT2D eigenvalue weighted by Gasteiger charge is -2.08. The van der Waals surface area contributed by atoms with Gasteiger partial charge in [0.2, 0.25) is 5.13 Å². The van der Waals surface area contributed by atoms with Gasteiger partial charge in [0, 0.05) is 24.0 Å². The molecule has 0 unspecified atom stereocenters. The minimum Gasteiger partial charge on any atom is -0.317 e. The van der Waals surface area contributed by atoms with E-state index in [0.717, 1.165) is 23.5 Å². The lowest BCUT2D eigenvalue weighted by Crippen LogP contribution is -2.13. The van der Waals surface area contributed by atoms with Gasteiger partial charge in [-0.3, -0.25) is 10.1 Å². The van der Waals surface area contributed by atoms with Crippen LogP contribution in [0.1, 0.15) is 24.0 Å². The van der Waals surface area contributed by atoms with E-state index in [-0.39, 0.29) is 5.57 Å². The summed E-state index contributed by atoms with van der Waals surface area (Å²) in [6.45, 7) is 2.04. The number of carbonyl (C=O) groups excluding carboxylic acids is 1. The summed E-state index contributed by atoms with van der Waals surface area (Å²) in [7, 11) is 0. The molecule has 1 N–H and O–H groups in total. The standard InChI is InChI=1S/C19H15Cl2N5OS/c1-2-4-17-24-25-19(28-17)23-18(27)12(11-22)9-13-5-3-8-26(13)14-6-7-15(20)16(21)10-14/h3,5-10H,2,4H2,1H3,(H,23,25,27). The number of nitrogens with one attached hydrogen (secondary N) is 1. The second-order valence-electron chi connectivity index (χ2n) is 5.78. The van der Waals surface area contributed by atoms with Gasteiger partial charge in [0.05, 0.1) is 10.0 Å². The Labute approximate surface area is 176 Å². The predicted molar refractivity (Wildman–Crippen MR) is 112 cm³/mol. The summed E-state index contributed by atoms with van der Waals surface area (Å²) in [5.74, 6) is -0.538. The van der Waals surface area contributed by atoms with Crippen LogP contribution in [0.5, 0.6) is 0 Å². The van der Waals surface area contributed by atoms with E-state index in [1.165, 1.54) is 17.4 Å². The first-order valence-corrected chi connectivity index (χ1v) is 9.97. The first kappa shape index (κ1) is 20.1. The molecule has 6 nitrogen and oxygen atoms in total. The minimum absolute atomic E-state index is 0.0488. The average Bonchev–Trinajstić information content (AvgIpc) is 3.31. The number of anilines is 1. The van der Waals surface area contributed by atoms with Gasteiger partial charge in [-0.1, -0.05) is 41.5 Å². The van der Waals surface area contributed by atoms with Crippen molar-refractivity contribution in [3.8, 4) is 11.8 Å². The number of nitriles is 1. The molecule has 1 amide bonds. The lowest BCUT2D eigenvalue weighted by molar-refractivity contribution is -0.112. The molecule has 0 aliphatic rings. The first-order chi connectivity index (χ1) is 13.5. The molecule has 142 valence electrons. The number of nitrogens with zero attached hydrogens (tertiary/aromatic N) is 4. The van der Waals surface area contributed by atoms with E-state index in [2.05, 4.69) is 15.5 Å². The first-order valence-electron chi connectivity index (χ1n) is 8.40. The van der Waals surface area contributed by atoms with Crippen LogP contribution in [0.15, 0.2) is 42.1 Å². The molecule has 0 bridgehead atoms.